The van der Waals surface area contributed by atoms with E-state index < -0.39 is 5.60 Å². The standard InChI is InChI=1S/C13H18BrNO2S/c1-13(2,3)17-12(16)5-4-6-18-11-7-10(14)8-15-9-11/h7-9H,4-6H2,1-3H3. The van der Waals surface area contributed by atoms with Gasteiger partial charge in [0, 0.05) is 28.2 Å². The Hall–Kier alpha value is -0.550. The quantitative estimate of drug-likeness (QED) is 0.463. The second kappa shape index (κ2) is 7.14. The van der Waals surface area contributed by atoms with Gasteiger partial charge in [0.05, 0.1) is 0 Å². The Morgan fingerprint density at radius 3 is 2.78 bits per heavy atom. The lowest BCUT2D eigenvalue weighted by molar-refractivity contribution is -0.154. The molecule has 0 aliphatic rings. The van der Waals surface area contributed by atoms with Crippen LogP contribution in [0.4, 0.5) is 0 Å². The van der Waals surface area contributed by atoms with Gasteiger partial charge in [0.25, 0.3) is 0 Å². The molecule has 1 aromatic heterocycles. The number of aromatic nitrogens is 1. The minimum absolute atomic E-state index is 0.129. The Bertz CT molecular complexity index is 404. The Kier molecular flexibility index (Phi) is 6.15. The number of hydrogen-bond donors (Lipinski definition) is 0. The van der Waals surface area contributed by atoms with Crippen molar-refractivity contribution in [3.05, 3.63) is 22.9 Å². The van der Waals surface area contributed by atoms with Crippen LogP contribution in [0, 0.1) is 0 Å². The summed E-state index contributed by atoms with van der Waals surface area (Å²) in [7, 11) is 0. The number of rotatable bonds is 5. The number of pyridine rings is 1. The van der Waals surface area contributed by atoms with Crippen LogP contribution in [0.15, 0.2) is 27.8 Å². The predicted molar refractivity (Wildman–Crippen MR) is 77.7 cm³/mol. The highest BCUT2D eigenvalue weighted by atomic mass is 79.9. The zero-order valence-corrected chi connectivity index (χ0v) is 13.3. The summed E-state index contributed by atoms with van der Waals surface area (Å²) >= 11 is 5.07. The van der Waals surface area contributed by atoms with Gasteiger partial charge in [-0.25, -0.2) is 0 Å². The summed E-state index contributed by atoms with van der Waals surface area (Å²) < 4.78 is 6.21. The average molecular weight is 332 g/mol. The maximum Gasteiger partial charge on any atom is 0.306 e. The van der Waals surface area contributed by atoms with E-state index in [1.807, 2.05) is 33.0 Å². The highest BCUT2D eigenvalue weighted by Crippen LogP contribution is 2.21. The summed E-state index contributed by atoms with van der Waals surface area (Å²) in [5.74, 6) is 0.757. The van der Waals surface area contributed by atoms with E-state index in [1.54, 1.807) is 18.0 Å². The van der Waals surface area contributed by atoms with E-state index >= 15 is 0 Å². The molecule has 0 atom stereocenters. The summed E-state index contributed by atoms with van der Waals surface area (Å²) in [5, 5.41) is 0. The minimum atomic E-state index is -0.390. The number of carbonyl (C=O) groups excluding carboxylic acids is 1. The summed E-state index contributed by atoms with van der Waals surface area (Å²) in [6.07, 6.45) is 4.85. The molecule has 3 nitrogen and oxygen atoms in total. The van der Waals surface area contributed by atoms with Gasteiger partial charge < -0.3 is 4.74 Å². The van der Waals surface area contributed by atoms with E-state index in [0.717, 1.165) is 21.5 Å². The molecule has 1 heterocycles. The maximum absolute atomic E-state index is 11.5. The van der Waals surface area contributed by atoms with Crippen LogP contribution in [0.25, 0.3) is 0 Å². The van der Waals surface area contributed by atoms with Crippen LogP contribution in [0.5, 0.6) is 0 Å². The van der Waals surface area contributed by atoms with Gasteiger partial charge >= 0.3 is 5.97 Å². The van der Waals surface area contributed by atoms with Gasteiger partial charge in [0.15, 0.2) is 0 Å². The van der Waals surface area contributed by atoms with E-state index in [4.69, 9.17) is 4.74 Å². The third-order valence-corrected chi connectivity index (χ3v) is 3.38. The first-order chi connectivity index (χ1) is 8.37. The van der Waals surface area contributed by atoms with E-state index in [-0.39, 0.29) is 5.97 Å². The molecule has 0 aliphatic carbocycles. The normalized spacial score (nSPS) is 11.3. The third-order valence-electron chi connectivity index (χ3n) is 1.89. The fourth-order valence-corrected chi connectivity index (χ4v) is 2.66. The first kappa shape index (κ1) is 15.5. The van der Waals surface area contributed by atoms with Crippen LogP contribution < -0.4 is 0 Å². The SMILES string of the molecule is CC(C)(C)OC(=O)CCCSc1cncc(Br)c1. The van der Waals surface area contributed by atoms with Crippen molar-refractivity contribution >= 4 is 33.7 Å². The van der Waals surface area contributed by atoms with Gasteiger partial charge in [0.1, 0.15) is 5.60 Å². The lowest BCUT2D eigenvalue weighted by atomic mass is 10.2. The van der Waals surface area contributed by atoms with Crippen molar-refractivity contribution in [1.29, 1.82) is 0 Å². The fourth-order valence-electron chi connectivity index (χ4n) is 1.27. The lowest BCUT2D eigenvalue weighted by Gasteiger charge is -2.19. The Balaban J connectivity index is 2.21. The molecule has 0 bridgehead atoms. The molecule has 0 fully saturated rings. The number of nitrogens with zero attached hydrogens (tertiary/aromatic N) is 1. The van der Waals surface area contributed by atoms with Crippen molar-refractivity contribution < 1.29 is 9.53 Å². The molecule has 18 heavy (non-hydrogen) atoms. The van der Waals surface area contributed by atoms with Crippen molar-refractivity contribution in [3.63, 3.8) is 0 Å². The number of thioether (sulfide) groups is 1. The fraction of sp³-hybridized carbons (Fsp3) is 0.538. The molecule has 0 radical (unpaired) electrons. The minimum Gasteiger partial charge on any atom is -0.460 e. The third kappa shape index (κ3) is 7.01. The molecule has 0 aliphatic heterocycles. The van der Waals surface area contributed by atoms with Crippen LogP contribution in [-0.2, 0) is 9.53 Å². The van der Waals surface area contributed by atoms with Gasteiger partial charge in [-0.15, -0.1) is 11.8 Å². The van der Waals surface area contributed by atoms with Crippen molar-refractivity contribution in [2.45, 2.75) is 44.1 Å². The molecule has 0 spiro atoms. The summed E-state index contributed by atoms with van der Waals surface area (Å²) in [6.45, 7) is 5.65. The summed E-state index contributed by atoms with van der Waals surface area (Å²) in [6, 6.07) is 2.02. The zero-order chi connectivity index (χ0) is 13.6. The zero-order valence-electron chi connectivity index (χ0n) is 10.9. The van der Waals surface area contributed by atoms with Gasteiger partial charge in [-0.2, -0.15) is 0 Å². The van der Waals surface area contributed by atoms with Crippen molar-refractivity contribution in [3.8, 4) is 0 Å². The monoisotopic (exact) mass is 331 g/mol. The molecule has 5 heteroatoms. The lowest BCUT2D eigenvalue weighted by Crippen LogP contribution is -2.23. The molecular weight excluding hydrogens is 314 g/mol. The molecule has 0 N–H and O–H groups in total. The molecular formula is C13H18BrNO2S. The van der Waals surface area contributed by atoms with Gasteiger partial charge in [0.2, 0.25) is 0 Å². The summed E-state index contributed by atoms with van der Waals surface area (Å²) in [4.78, 5) is 16.7. The first-order valence-electron chi connectivity index (χ1n) is 5.82. The highest BCUT2D eigenvalue weighted by molar-refractivity contribution is 9.10. The van der Waals surface area contributed by atoms with Gasteiger partial charge in [-0.1, -0.05) is 0 Å². The van der Waals surface area contributed by atoms with E-state index in [2.05, 4.69) is 20.9 Å². The van der Waals surface area contributed by atoms with Gasteiger partial charge in [-0.05, 0) is 54.9 Å². The second-order valence-corrected chi connectivity index (χ2v) is 6.96. The second-order valence-electron chi connectivity index (χ2n) is 4.88. The maximum atomic E-state index is 11.5. The number of esters is 1. The van der Waals surface area contributed by atoms with Crippen LogP contribution in [0.2, 0.25) is 0 Å². The van der Waals surface area contributed by atoms with E-state index in [9.17, 15) is 4.79 Å². The Morgan fingerprint density at radius 2 is 2.17 bits per heavy atom. The first-order valence-corrected chi connectivity index (χ1v) is 7.60. The van der Waals surface area contributed by atoms with Crippen molar-refractivity contribution in [1.82, 2.24) is 4.98 Å². The van der Waals surface area contributed by atoms with Crippen molar-refractivity contribution in [2.24, 2.45) is 0 Å². The average Bonchev–Trinajstić information content (AvgIpc) is 2.22. The molecule has 0 amide bonds. The number of hydrogen-bond acceptors (Lipinski definition) is 4. The number of carbonyl (C=O) groups is 1. The molecule has 0 saturated heterocycles. The molecule has 100 valence electrons. The Morgan fingerprint density at radius 1 is 1.44 bits per heavy atom. The number of ether oxygens (including phenoxy) is 1. The van der Waals surface area contributed by atoms with Crippen LogP contribution in [0.1, 0.15) is 33.6 Å². The smallest absolute Gasteiger partial charge is 0.306 e. The highest BCUT2D eigenvalue weighted by Gasteiger charge is 2.15. The van der Waals surface area contributed by atoms with Crippen molar-refractivity contribution in [2.75, 3.05) is 5.75 Å². The molecule has 1 rings (SSSR count). The summed E-state index contributed by atoms with van der Waals surface area (Å²) in [5.41, 5.74) is -0.390. The Labute approximate surface area is 121 Å². The van der Waals surface area contributed by atoms with Crippen LogP contribution in [-0.4, -0.2) is 22.3 Å². The largest absolute Gasteiger partial charge is 0.460 e. The van der Waals surface area contributed by atoms with Crippen LogP contribution >= 0.6 is 27.7 Å². The molecule has 0 unspecified atom stereocenters. The molecule has 1 aromatic rings. The predicted octanol–water partition coefficient (Wildman–Crippen LogP) is 4.06. The molecule has 0 aromatic carbocycles. The van der Waals surface area contributed by atoms with Crippen LogP contribution in [0.3, 0.4) is 0 Å². The molecule has 0 saturated carbocycles. The van der Waals surface area contributed by atoms with E-state index in [1.165, 1.54) is 0 Å². The van der Waals surface area contributed by atoms with E-state index in [0.29, 0.717) is 6.42 Å². The number of halogens is 1. The van der Waals surface area contributed by atoms with Gasteiger partial charge in [-0.3, -0.25) is 9.78 Å². The topological polar surface area (TPSA) is 39.2 Å².